The van der Waals surface area contributed by atoms with E-state index >= 15 is 0 Å². The van der Waals surface area contributed by atoms with Crippen molar-refractivity contribution in [2.75, 3.05) is 0 Å². The first-order valence-corrected chi connectivity index (χ1v) is 7.36. The molecule has 96 valence electrons. The van der Waals surface area contributed by atoms with Gasteiger partial charge < -0.3 is 0 Å². The summed E-state index contributed by atoms with van der Waals surface area (Å²) in [6, 6.07) is 7.00. The summed E-state index contributed by atoms with van der Waals surface area (Å²) in [4.78, 5) is 0. The first-order valence-electron chi connectivity index (χ1n) is 7.36. The smallest absolute Gasteiger partial charge is 0.0216 e. The largest absolute Gasteiger partial charge is 0.0683 e. The van der Waals surface area contributed by atoms with E-state index in [0.717, 1.165) is 5.41 Å². The van der Waals surface area contributed by atoms with Gasteiger partial charge in [-0.1, -0.05) is 57.9 Å². The van der Waals surface area contributed by atoms with Crippen LogP contribution >= 0.6 is 0 Å². The molecular formula is C17H28. The van der Waals surface area contributed by atoms with Gasteiger partial charge in [0.05, 0.1) is 0 Å². The quantitative estimate of drug-likeness (QED) is 0.568. The number of hydrogen-bond donors (Lipinski definition) is 0. The molecule has 17 heavy (non-hydrogen) atoms. The molecule has 0 amide bonds. The van der Waals surface area contributed by atoms with Gasteiger partial charge in [-0.25, -0.2) is 0 Å². The Kier molecular flexibility index (Phi) is 5.24. The van der Waals surface area contributed by atoms with E-state index in [1.54, 1.807) is 11.1 Å². The van der Waals surface area contributed by atoms with E-state index in [2.05, 4.69) is 25.1 Å². The first kappa shape index (κ1) is 14.3. The summed E-state index contributed by atoms with van der Waals surface area (Å²) in [6.07, 6.45) is 7.14. The Morgan fingerprint density at radius 3 is 2.00 bits per heavy atom. The van der Waals surface area contributed by atoms with Crippen LogP contribution in [0.4, 0.5) is 0 Å². The summed E-state index contributed by atoms with van der Waals surface area (Å²) in [5, 5.41) is 0. The minimum Gasteiger partial charge on any atom is -0.0683 e. The highest BCUT2D eigenvalue weighted by atomic mass is 14.5. The fourth-order valence-electron chi connectivity index (χ4n) is 2.99. The summed E-state index contributed by atoms with van der Waals surface area (Å²) in [7, 11) is 0. The van der Waals surface area contributed by atoms with Crippen molar-refractivity contribution < 1.29 is 0 Å². The molecule has 0 unspecified atom stereocenters. The number of hydrogen-bond acceptors (Lipinski definition) is 0. The molecule has 0 aromatic heterocycles. The monoisotopic (exact) mass is 232 g/mol. The molecule has 0 heterocycles. The summed E-state index contributed by atoms with van der Waals surface area (Å²) >= 11 is 0. The van der Waals surface area contributed by atoms with Crippen molar-refractivity contribution in [2.45, 2.75) is 66.7 Å². The molecule has 1 aromatic carbocycles. The van der Waals surface area contributed by atoms with Crippen molar-refractivity contribution in [3.05, 3.63) is 34.9 Å². The number of fused-ring (bicyclic) bond motifs is 1. The van der Waals surface area contributed by atoms with Gasteiger partial charge in [-0.3, -0.25) is 0 Å². The molecular weight excluding hydrogens is 204 g/mol. The van der Waals surface area contributed by atoms with E-state index in [4.69, 9.17) is 0 Å². The maximum absolute atomic E-state index is 2.39. The minimum absolute atomic E-state index is 0.718. The van der Waals surface area contributed by atoms with E-state index < -0.39 is 0 Å². The van der Waals surface area contributed by atoms with E-state index in [0.29, 0.717) is 0 Å². The molecule has 0 nitrogen and oxygen atoms in total. The molecule has 0 saturated heterocycles. The zero-order valence-corrected chi connectivity index (χ0v) is 12.3. The molecule has 0 heteroatoms. The zero-order valence-electron chi connectivity index (χ0n) is 12.3. The van der Waals surface area contributed by atoms with Gasteiger partial charge in [0.1, 0.15) is 0 Å². The van der Waals surface area contributed by atoms with Crippen LogP contribution in [0.2, 0.25) is 0 Å². The van der Waals surface area contributed by atoms with Crippen LogP contribution in [0.25, 0.3) is 0 Å². The minimum atomic E-state index is 0.718. The summed E-state index contributed by atoms with van der Waals surface area (Å²) in [5.41, 5.74) is 5.41. The van der Waals surface area contributed by atoms with Crippen LogP contribution < -0.4 is 0 Å². The van der Waals surface area contributed by atoms with Gasteiger partial charge in [-0.05, 0) is 49.1 Å². The van der Waals surface area contributed by atoms with Crippen molar-refractivity contribution in [1.82, 2.24) is 0 Å². The van der Waals surface area contributed by atoms with E-state index in [1.807, 2.05) is 27.7 Å². The summed E-state index contributed by atoms with van der Waals surface area (Å²) in [5.74, 6) is 0. The van der Waals surface area contributed by atoms with Crippen molar-refractivity contribution in [1.29, 1.82) is 0 Å². The molecule has 1 aromatic rings. The second-order valence-electron chi connectivity index (χ2n) is 4.98. The maximum Gasteiger partial charge on any atom is -0.0216 e. The van der Waals surface area contributed by atoms with Gasteiger partial charge in [-0.15, -0.1) is 0 Å². The van der Waals surface area contributed by atoms with E-state index in [-0.39, 0.29) is 0 Å². The molecule has 0 aliphatic heterocycles. The normalized spacial score (nSPS) is 18.2. The second kappa shape index (κ2) is 6.23. The van der Waals surface area contributed by atoms with Crippen LogP contribution in [0, 0.1) is 12.3 Å². The fourth-order valence-corrected chi connectivity index (χ4v) is 2.99. The molecule has 2 aliphatic carbocycles. The van der Waals surface area contributed by atoms with Crippen LogP contribution in [0.5, 0.6) is 0 Å². The number of aryl methyl sites for hydroxylation is 1. The van der Waals surface area contributed by atoms with Crippen LogP contribution in [-0.2, 0) is 12.8 Å². The Bertz CT molecular complexity index is 345. The van der Waals surface area contributed by atoms with Crippen LogP contribution in [-0.4, -0.2) is 0 Å². The first-order chi connectivity index (χ1) is 8.27. The lowest BCUT2D eigenvalue weighted by molar-refractivity contribution is 0.149. The van der Waals surface area contributed by atoms with Gasteiger partial charge in [0.2, 0.25) is 0 Å². The lowest BCUT2D eigenvalue weighted by Crippen LogP contribution is -2.29. The van der Waals surface area contributed by atoms with Crippen molar-refractivity contribution in [3.8, 4) is 0 Å². The average Bonchev–Trinajstić information content (AvgIpc) is 2.73. The topological polar surface area (TPSA) is 0 Å². The predicted molar refractivity (Wildman–Crippen MR) is 77.6 cm³/mol. The van der Waals surface area contributed by atoms with Gasteiger partial charge in [0.25, 0.3) is 0 Å². The third kappa shape index (κ3) is 2.91. The predicted octanol–water partition coefficient (Wildman–Crippen LogP) is 5.32. The highest BCUT2D eigenvalue weighted by Crippen LogP contribution is 2.51. The van der Waals surface area contributed by atoms with Crippen LogP contribution in [0.15, 0.2) is 18.2 Å². The molecule has 0 bridgehead atoms. The third-order valence-electron chi connectivity index (χ3n) is 3.91. The van der Waals surface area contributed by atoms with Crippen molar-refractivity contribution in [3.63, 3.8) is 0 Å². The SMILES string of the molecule is CC.CC.Cc1ccc2c(c1)CC1(CCC1)C2. The standard InChI is InChI=1S/C13H16.2C2H6/c1-10-3-4-11-8-13(5-2-6-13)9-12(11)7-10;2*1-2/h3-4,7H,2,5-6,8-9H2,1H3;2*1-2H3. The lowest BCUT2D eigenvalue weighted by atomic mass is 9.67. The van der Waals surface area contributed by atoms with E-state index in [1.165, 1.54) is 37.7 Å². The Morgan fingerprint density at radius 1 is 0.882 bits per heavy atom. The molecule has 2 aliphatic rings. The van der Waals surface area contributed by atoms with Crippen LogP contribution in [0.1, 0.15) is 63.6 Å². The average molecular weight is 232 g/mol. The Morgan fingerprint density at radius 2 is 1.47 bits per heavy atom. The van der Waals surface area contributed by atoms with Crippen LogP contribution in [0.3, 0.4) is 0 Å². The number of benzene rings is 1. The van der Waals surface area contributed by atoms with Gasteiger partial charge >= 0.3 is 0 Å². The highest BCUT2D eigenvalue weighted by molar-refractivity contribution is 5.38. The maximum atomic E-state index is 2.39. The second-order valence-corrected chi connectivity index (χ2v) is 4.98. The fraction of sp³-hybridized carbons (Fsp3) is 0.647. The Hall–Kier alpha value is -0.780. The summed E-state index contributed by atoms with van der Waals surface area (Å²) in [6.45, 7) is 10.2. The highest BCUT2D eigenvalue weighted by Gasteiger charge is 2.41. The van der Waals surface area contributed by atoms with Crippen molar-refractivity contribution in [2.24, 2.45) is 5.41 Å². The molecule has 1 spiro atoms. The van der Waals surface area contributed by atoms with Gasteiger partial charge in [-0.2, -0.15) is 0 Å². The molecule has 0 N–H and O–H groups in total. The molecule has 1 saturated carbocycles. The Labute approximate surface area is 107 Å². The van der Waals surface area contributed by atoms with Gasteiger partial charge in [0, 0.05) is 0 Å². The van der Waals surface area contributed by atoms with E-state index in [9.17, 15) is 0 Å². The molecule has 0 atom stereocenters. The molecule has 1 fully saturated rings. The van der Waals surface area contributed by atoms with Crippen molar-refractivity contribution >= 4 is 0 Å². The van der Waals surface area contributed by atoms with Gasteiger partial charge in [0.15, 0.2) is 0 Å². The zero-order chi connectivity index (χ0) is 12.9. The third-order valence-corrected chi connectivity index (χ3v) is 3.91. The Balaban J connectivity index is 0.000000330. The molecule has 0 radical (unpaired) electrons. The molecule has 3 rings (SSSR count). The lowest BCUT2D eigenvalue weighted by Gasteiger charge is -2.38. The summed E-state index contributed by atoms with van der Waals surface area (Å²) < 4.78 is 0. The number of rotatable bonds is 0.